The van der Waals surface area contributed by atoms with Crippen LogP contribution >= 0.6 is 11.3 Å². The Balaban J connectivity index is 2.02. The highest BCUT2D eigenvalue weighted by molar-refractivity contribution is 7.14. The van der Waals surface area contributed by atoms with Gasteiger partial charge in [0.15, 0.2) is 0 Å². The van der Waals surface area contributed by atoms with Gasteiger partial charge in [-0.2, -0.15) is 0 Å². The quantitative estimate of drug-likeness (QED) is 0.410. The molecular weight excluding hydrogens is 264 g/mol. The minimum Gasteiger partial charge on any atom is -0.369 e. The van der Waals surface area contributed by atoms with Gasteiger partial charge in [0, 0.05) is 18.0 Å². The summed E-state index contributed by atoms with van der Waals surface area (Å²) >= 11 is 1.43. The zero-order valence-corrected chi connectivity index (χ0v) is 11.6. The summed E-state index contributed by atoms with van der Waals surface area (Å²) in [5.74, 6) is 4.58. The van der Waals surface area contributed by atoms with Crippen molar-refractivity contribution in [1.29, 1.82) is 0 Å². The lowest BCUT2D eigenvalue weighted by Gasteiger charge is -2.14. The number of hydrazine groups is 1. The van der Waals surface area contributed by atoms with Crippen molar-refractivity contribution >= 4 is 23.2 Å². The van der Waals surface area contributed by atoms with E-state index in [1.54, 1.807) is 0 Å². The van der Waals surface area contributed by atoms with Crippen molar-refractivity contribution in [2.45, 2.75) is 19.9 Å². The van der Waals surface area contributed by atoms with Crippen LogP contribution in [0.2, 0.25) is 0 Å². The Hall–Kier alpha value is -1.44. The molecule has 1 aromatic rings. The number of thiophene rings is 1. The van der Waals surface area contributed by atoms with Gasteiger partial charge in [-0.25, -0.2) is 5.84 Å². The van der Waals surface area contributed by atoms with Gasteiger partial charge in [-0.15, -0.1) is 11.3 Å². The molecule has 1 unspecified atom stereocenters. The summed E-state index contributed by atoms with van der Waals surface area (Å²) < 4.78 is 0. The molecule has 1 aromatic heterocycles. The number of hydrogen-bond acceptors (Lipinski definition) is 5. The minimum absolute atomic E-state index is 0.0502. The monoisotopic (exact) mass is 282 g/mol. The fourth-order valence-corrected chi connectivity index (χ4v) is 3.25. The topological polar surface area (TPSA) is 101 Å². The van der Waals surface area contributed by atoms with E-state index in [1.807, 2.05) is 13.0 Å². The summed E-state index contributed by atoms with van der Waals surface area (Å²) in [7, 11) is 0. The van der Waals surface area contributed by atoms with E-state index in [9.17, 15) is 9.59 Å². The molecule has 6 nitrogen and oxygen atoms in total. The molecule has 2 amide bonds. The number of nitrogens with one attached hydrogen (secondary N) is 1. The van der Waals surface area contributed by atoms with Crippen molar-refractivity contribution in [2.75, 3.05) is 13.1 Å². The number of carbonyl (C=O) groups excluding carboxylic acids is 2. The molecule has 1 aliphatic heterocycles. The third kappa shape index (κ3) is 3.12. The normalized spacial score (nSPS) is 19.6. The summed E-state index contributed by atoms with van der Waals surface area (Å²) in [6.07, 6.45) is 0.814. The lowest BCUT2D eigenvalue weighted by molar-refractivity contribution is -0.121. The molecule has 5 N–H and O–H groups in total. The standard InChI is InChI=1S/C12H18N4O2S/c1-7-9(4-10(19-7)12(18)15-14)6-16-3-2-8(5-16)11(13)17/h4,8H,2-3,5-6,14H2,1H3,(H2,13,17)(H,15,18). The Labute approximate surface area is 115 Å². The molecule has 1 aliphatic rings. The fourth-order valence-electron chi connectivity index (χ4n) is 2.31. The second-order valence-corrected chi connectivity index (χ2v) is 6.04. The van der Waals surface area contributed by atoms with Gasteiger partial charge < -0.3 is 5.73 Å². The third-order valence-corrected chi connectivity index (χ3v) is 4.54. The van der Waals surface area contributed by atoms with Crippen LogP contribution in [-0.2, 0) is 11.3 Å². The maximum absolute atomic E-state index is 11.5. The van der Waals surface area contributed by atoms with Crippen LogP contribution in [-0.4, -0.2) is 29.8 Å². The van der Waals surface area contributed by atoms with E-state index in [0.717, 1.165) is 30.0 Å². The van der Waals surface area contributed by atoms with Crippen molar-refractivity contribution in [2.24, 2.45) is 17.5 Å². The van der Waals surface area contributed by atoms with Gasteiger partial charge in [0.1, 0.15) is 0 Å². The average molecular weight is 282 g/mol. The molecular formula is C12H18N4O2S. The molecule has 104 valence electrons. The first-order chi connectivity index (χ1) is 9.01. The number of hydrogen-bond donors (Lipinski definition) is 3. The second kappa shape index (κ2) is 5.68. The lowest BCUT2D eigenvalue weighted by atomic mass is 10.1. The molecule has 0 aliphatic carbocycles. The van der Waals surface area contributed by atoms with E-state index in [2.05, 4.69) is 10.3 Å². The van der Waals surface area contributed by atoms with Crippen LogP contribution in [0.15, 0.2) is 6.07 Å². The summed E-state index contributed by atoms with van der Waals surface area (Å²) in [6, 6.07) is 1.86. The average Bonchev–Trinajstić information content (AvgIpc) is 2.97. The molecule has 1 atom stereocenters. The van der Waals surface area contributed by atoms with Crippen molar-refractivity contribution < 1.29 is 9.59 Å². The molecule has 0 aromatic carbocycles. The molecule has 0 radical (unpaired) electrons. The molecule has 0 bridgehead atoms. The van der Waals surface area contributed by atoms with E-state index >= 15 is 0 Å². The third-order valence-electron chi connectivity index (χ3n) is 3.44. The Morgan fingerprint density at radius 3 is 2.89 bits per heavy atom. The van der Waals surface area contributed by atoms with Crippen LogP contribution in [0.3, 0.4) is 0 Å². The second-order valence-electron chi connectivity index (χ2n) is 4.79. The maximum atomic E-state index is 11.5. The molecule has 19 heavy (non-hydrogen) atoms. The smallest absolute Gasteiger partial charge is 0.275 e. The highest BCUT2D eigenvalue weighted by Gasteiger charge is 2.27. The van der Waals surface area contributed by atoms with Crippen LogP contribution in [0.5, 0.6) is 0 Å². The Bertz CT molecular complexity index is 500. The highest BCUT2D eigenvalue weighted by Crippen LogP contribution is 2.25. The van der Waals surface area contributed by atoms with Gasteiger partial charge in [-0.05, 0) is 31.5 Å². The molecule has 2 rings (SSSR count). The van der Waals surface area contributed by atoms with E-state index in [-0.39, 0.29) is 17.7 Å². The van der Waals surface area contributed by atoms with Crippen LogP contribution in [0.4, 0.5) is 0 Å². The summed E-state index contributed by atoms with van der Waals surface area (Å²) in [6.45, 7) is 4.28. The number of primary amides is 1. The molecule has 1 saturated heterocycles. The maximum Gasteiger partial charge on any atom is 0.275 e. The molecule has 1 fully saturated rings. The first-order valence-electron chi connectivity index (χ1n) is 6.13. The SMILES string of the molecule is Cc1sc(C(=O)NN)cc1CN1CCC(C(N)=O)C1. The number of aryl methyl sites for hydroxylation is 1. The molecule has 7 heteroatoms. The summed E-state index contributed by atoms with van der Waals surface area (Å²) in [5, 5.41) is 0. The zero-order chi connectivity index (χ0) is 14.0. The van der Waals surface area contributed by atoms with Crippen LogP contribution in [0.1, 0.15) is 26.5 Å². The number of nitrogen functional groups attached to an aromatic ring is 1. The Kier molecular flexibility index (Phi) is 4.18. The van der Waals surface area contributed by atoms with E-state index < -0.39 is 0 Å². The van der Waals surface area contributed by atoms with Gasteiger partial charge in [0.05, 0.1) is 10.8 Å². The molecule has 2 heterocycles. The summed E-state index contributed by atoms with van der Waals surface area (Å²) in [4.78, 5) is 26.5. The Morgan fingerprint density at radius 2 is 2.32 bits per heavy atom. The number of amides is 2. The minimum atomic E-state index is -0.268. The van der Waals surface area contributed by atoms with Crippen molar-refractivity contribution in [1.82, 2.24) is 10.3 Å². The molecule has 0 saturated carbocycles. The number of nitrogens with zero attached hydrogens (tertiary/aromatic N) is 1. The predicted molar refractivity (Wildman–Crippen MR) is 73.3 cm³/mol. The first-order valence-corrected chi connectivity index (χ1v) is 6.95. The van der Waals surface area contributed by atoms with Crippen molar-refractivity contribution in [3.63, 3.8) is 0 Å². The predicted octanol–water partition coefficient (Wildman–Crippen LogP) is -0.0328. The van der Waals surface area contributed by atoms with Crippen LogP contribution in [0, 0.1) is 12.8 Å². The van der Waals surface area contributed by atoms with Gasteiger partial charge in [-0.1, -0.05) is 0 Å². The van der Waals surface area contributed by atoms with Crippen molar-refractivity contribution in [3.05, 3.63) is 21.4 Å². The Morgan fingerprint density at radius 1 is 1.58 bits per heavy atom. The van der Waals surface area contributed by atoms with Gasteiger partial charge in [0.2, 0.25) is 5.91 Å². The highest BCUT2D eigenvalue weighted by atomic mass is 32.1. The number of carbonyl (C=O) groups is 2. The van der Waals surface area contributed by atoms with E-state index in [0.29, 0.717) is 11.4 Å². The lowest BCUT2D eigenvalue weighted by Crippen LogP contribution is -2.29. The number of nitrogens with two attached hydrogens (primary N) is 2. The van der Waals surface area contributed by atoms with Gasteiger partial charge >= 0.3 is 0 Å². The zero-order valence-electron chi connectivity index (χ0n) is 10.8. The van der Waals surface area contributed by atoms with Crippen LogP contribution in [0.25, 0.3) is 0 Å². The molecule has 0 spiro atoms. The fraction of sp³-hybridized carbons (Fsp3) is 0.500. The summed E-state index contributed by atoms with van der Waals surface area (Å²) in [5.41, 5.74) is 8.55. The van der Waals surface area contributed by atoms with E-state index in [1.165, 1.54) is 11.3 Å². The van der Waals surface area contributed by atoms with E-state index in [4.69, 9.17) is 11.6 Å². The first kappa shape index (κ1) is 14.0. The van der Waals surface area contributed by atoms with Gasteiger partial charge in [0.25, 0.3) is 5.91 Å². The van der Waals surface area contributed by atoms with Gasteiger partial charge in [-0.3, -0.25) is 19.9 Å². The van der Waals surface area contributed by atoms with Crippen LogP contribution < -0.4 is 17.0 Å². The number of rotatable bonds is 4. The van der Waals surface area contributed by atoms with Crippen molar-refractivity contribution in [3.8, 4) is 0 Å². The largest absolute Gasteiger partial charge is 0.369 e. The number of likely N-dealkylation sites (tertiary alicyclic amines) is 1.